The van der Waals surface area contributed by atoms with Crippen LogP contribution in [0.4, 0.5) is 10.1 Å². The van der Waals surface area contributed by atoms with Crippen molar-refractivity contribution in [2.75, 3.05) is 23.7 Å². The molecule has 2 aromatic rings. The van der Waals surface area contributed by atoms with Crippen molar-refractivity contribution in [2.24, 2.45) is 0 Å². The summed E-state index contributed by atoms with van der Waals surface area (Å²) in [7, 11) is -3.48. The first kappa shape index (κ1) is 19.9. The molecule has 1 N–H and O–H groups in total. The quantitative estimate of drug-likeness (QED) is 0.805. The van der Waals surface area contributed by atoms with Crippen LogP contribution < -0.4 is 9.62 Å². The third kappa shape index (κ3) is 5.56. The standard InChI is InChI=1S/C19H23FN2O3S/c1-14-4-5-15(2)18(12-14)22(26(3,24)25)11-10-21-19(23)13-16-6-8-17(20)9-7-16/h4-9,12H,10-11,13H2,1-3H3,(H,21,23). The molecular formula is C19H23FN2O3S. The minimum atomic E-state index is -3.48. The highest BCUT2D eigenvalue weighted by Crippen LogP contribution is 2.23. The molecule has 0 fully saturated rings. The Bertz CT molecular complexity index is 880. The van der Waals surface area contributed by atoms with Crippen molar-refractivity contribution in [3.8, 4) is 0 Å². The minimum absolute atomic E-state index is 0.114. The topological polar surface area (TPSA) is 66.5 Å². The Kier molecular flexibility index (Phi) is 6.37. The number of carbonyl (C=O) groups is 1. The van der Waals surface area contributed by atoms with Crippen LogP contribution in [0.15, 0.2) is 42.5 Å². The van der Waals surface area contributed by atoms with Gasteiger partial charge in [-0.05, 0) is 48.7 Å². The molecule has 0 bridgehead atoms. The molecule has 7 heteroatoms. The number of hydrogen-bond donors (Lipinski definition) is 1. The zero-order valence-electron chi connectivity index (χ0n) is 15.1. The summed E-state index contributed by atoms with van der Waals surface area (Å²) < 4.78 is 38.5. The van der Waals surface area contributed by atoms with Crippen molar-refractivity contribution >= 4 is 21.6 Å². The van der Waals surface area contributed by atoms with E-state index in [-0.39, 0.29) is 31.2 Å². The van der Waals surface area contributed by atoms with Crippen molar-refractivity contribution in [1.82, 2.24) is 5.32 Å². The summed E-state index contributed by atoms with van der Waals surface area (Å²) in [6.45, 7) is 4.06. The normalized spacial score (nSPS) is 11.2. The molecule has 0 aliphatic carbocycles. The van der Waals surface area contributed by atoms with Crippen LogP contribution in [0.2, 0.25) is 0 Å². The number of anilines is 1. The fraction of sp³-hybridized carbons (Fsp3) is 0.316. The molecule has 0 heterocycles. The average Bonchev–Trinajstić information content (AvgIpc) is 2.55. The van der Waals surface area contributed by atoms with E-state index in [1.54, 1.807) is 12.1 Å². The lowest BCUT2D eigenvalue weighted by molar-refractivity contribution is -0.120. The van der Waals surface area contributed by atoms with Crippen LogP contribution in [0.5, 0.6) is 0 Å². The van der Waals surface area contributed by atoms with E-state index in [0.717, 1.165) is 17.4 Å². The lowest BCUT2D eigenvalue weighted by Gasteiger charge is -2.24. The molecule has 2 aromatic carbocycles. The SMILES string of the molecule is Cc1ccc(C)c(N(CCNC(=O)Cc2ccc(F)cc2)S(C)(=O)=O)c1. The predicted molar refractivity (Wildman–Crippen MR) is 101 cm³/mol. The van der Waals surface area contributed by atoms with Crippen LogP contribution in [0.25, 0.3) is 0 Å². The number of sulfonamides is 1. The molecular weight excluding hydrogens is 355 g/mol. The number of amides is 1. The second-order valence-corrected chi connectivity index (χ2v) is 8.19. The molecule has 1 amide bonds. The largest absolute Gasteiger partial charge is 0.354 e. The zero-order chi connectivity index (χ0) is 19.3. The first-order valence-electron chi connectivity index (χ1n) is 8.23. The number of halogens is 1. The number of aryl methyl sites for hydroxylation is 2. The minimum Gasteiger partial charge on any atom is -0.354 e. The van der Waals surface area contributed by atoms with Crippen molar-refractivity contribution < 1.29 is 17.6 Å². The second-order valence-electron chi connectivity index (χ2n) is 6.28. The molecule has 0 saturated heterocycles. The van der Waals surface area contributed by atoms with Crippen LogP contribution in [-0.4, -0.2) is 33.7 Å². The molecule has 2 rings (SSSR count). The van der Waals surface area contributed by atoms with Gasteiger partial charge in [-0.25, -0.2) is 12.8 Å². The summed E-state index contributed by atoms with van der Waals surface area (Å²) >= 11 is 0. The van der Waals surface area contributed by atoms with E-state index < -0.39 is 10.0 Å². The molecule has 0 unspecified atom stereocenters. The summed E-state index contributed by atoms with van der Waals surface area (Å²) in [6.07, 6.45) is 1.26. The molecule has 0 radical (unpaired) electrons. The highest BCUT2D eigenvalue weighted by Gasteiger charge is 2.19. The van der Waals surface area contributed by atoms with Gasteiger partial charge in [0.05, 0.1) is 24.9 Å². The van der Waals surface area contributed by atoms with Crippen LogP contribution >= 0.6 is 0 Å². The third-order valence-electron chi connectivity index (χ3n) is 3.95. The number of carbonyl (C=O) groups excluding carboxylic acids is 1. The number of benzene rings is 2. The summed E-state index contributed by atoms with van der Waals surface area (Å²) in [4.78, 5) is 12.0. The molecule has 0 atom stereocenters. The van der Waals surface area contributed by atoms with Crippen LogP contribution in [0, 0.1) is 19.7 Å². The van der Waals surface area contributed by atoms with E-state index in [2.05, 4.69) is 5.32 Å². The Morgan fingerprint density at radius 1 is 1.12 bits per heavy atom. The van der Waals surface area contributed by atoms with Gasteiger partial charge in [-0.1, -0.05) is 24.3 Å². The zero-order valence-corrected chi connectivity index (χ0v) is 15.9. The third-order valence-corrected chi connectivity index (χ3v) is 5.13. The maximum absolute atomic E-state index is 12.9. The van der Waals surface area contributed by atoms with Gasteiger partial charge in [0, 0.05) is 6.54 Å². The molecule has 5 nitrogen and oxygen atoms in total. The van der Waals surface area contributed by atoms with Gasteiger partial charge in [0.25, 0.3) is 0 Å². The number of hydrogen-bond acceptors (Lipinski definition) is 3. The molecule has 140 valence electrons. The van der Waals surface area contributed by atoms with E-state index in [9.17, 15) is 17.6 Å². The Balaban J connectivity index is 2.01. The van der Waals surface area contributed by atoms with Crippen molar-refractivity contribution in [3.63, 3.8) is 0 Å². The first-order chi connectivity index (χ1) is 12.2. The van der Waals surface area contributed by atoms with E-state index in [0.29, 0.717) is 11.3 Å². The highest BCUT2D eigenvalue weighted by molar-refractivity contribution is 7.92. The van der Waals surface area contributed by atoms with E-state index in [1.165, 1.54) is 16.4 Å². The van der Waals surface area contributed by atoms with Crippen LogP contribution in [0.3, 0.4) is 0 Å². The first-order valence-corrected chi connectivity index (χ1v) is 10.1. The summed E-state index contributed by atoms with van der Waals surface area (Å²) in [5.41, 5.74) is 3.11. The Morgan fingerprint density at radius 3 is 2.38 bits per heavy atom. The molecule has 0 saturated carbocycles. The average molecular weight is 378 g/mol. The lowest BCUT2D eigenvalue weighted by atomic mass is 10.1. The van der Waals surface area contributed by atoms with Crippen molar-refractivity contribution in [2.45, 2.75) is 20.3 Å². The number of rotatable bonds is 7. The van der Waals surface area contributed by atoms with Gasteiger partial charge in [-0.15, -0.1) is 0 Å². The Hall–Kier alpha value is -2.41. The molecule has 0 aromatic heterocycles. The number of nitrogens with one attached hydrogen (secondary N) is 1. The molecule has 0 aliphatic heterocycles. The molecule has 0 spiro atoms. The lowest BCUT2D eigenvalue weighted by Crippen LogP contribution is -2.39. The monoisotopic (exact) mass is 378 g/mol. The van der Waals surface area contributed by atoms with Gasteiger partial charge in [0.15, 0.2) is 0 Å². The summed E-state index contributed by atoms with van der Waals surface area (Å²) in [5.74, 6) is -0.600. The molecule has 26 heavy (non-hydrogen) atoms. The van der Waals surface area contributed by atoms with Crippen molar-refractivity contribution in [1.29, 1.82) is 0 Å². The second kappa shape index (κ2) is 8.31. The van der Waals surface area contributed by atoms with Gasteiger partial charge in [-0.2, -0.15) is 0 Å². The van der Waals surface area contributed by atoms with Crippen molar-refractivity contribution in [3.05, 3.63) is 65.0 Å². The Morgan fingerprint density at radius 2 is 1.77 bits per heavy atom. The smallest absolute Gasteiger partial charge is 0.232 e. The molecule has 0 aliphatic rings. The van der Waals surface area contributed by atoms with E-state index in [4.69, 9.17) is 0 Å². The van der Waals surface area contributed by atoms with E-state index >= 15 is 0 Å². The van der Waals surface area contributed by atoms with Gasteiger partial charge >= 0.3 is 0 Å². The van der Waals surface area contributed by atoms with E-state index in [1.807, 2.05) is 32.0 Å². The maximum atomic E-state index is 12.9. The number of nitrogens with zero attached hydrogens (tertiary/aromatic N) is 1. The maximum Gasteiger partial charge on any atom is 0.232 e. The fourth-order valence-corrected chi connectivity index (χ4v) is 3.58. The van der Waals surface area contributed by atoms with Gasteiger partial charge in [0.1, 0.15) is 5.82 Å². The van der Waals surface area contributed by atoms with Gasteiger partial charge < -0.3 is 5.32 Å². The fourth-order valence-electron chi connectivity index (χ4n) is 2.60. The highest BCUT2D eigenvalue weighted by atomic mass is 32.2. The van der Waals surface area contributed by atoms with Gasteiger partial charge in [0.2, 0.25) is 15.9 Å². The van der Waals surface area contributed by atoms with Gasteiger partial charge in [-0.3, -0.25) is 9.10 Å². The summed E-state index contributed by atoms with van der Waals surface area (Å²) in [5, 5.41) is 2.71. The summed E-state index contributed by atoms with van der Waals surface area (Å²) in [6, 6.07) is 11.3. The van der Waals surface area contributed by atoms with Crippen LogP contribution in [0.1, 0.15) is 16.7 Å². The Labute approximate surface area is 153 Å². The van der Waals surface area contributed by atoms with Crippen LogP contribution in [-0.2, 0) is 21.2 Å². The predicted octanol–water partition coefficient (Wildman–Crippen LogP) is 2.57.